The summed E-state index contributed by atoms with van der Waals surface area (Å²) in [6.45, 7) is 0.389. The number of esters is 1. The zero-order valence-electron chi connectivity index (χ0n) is 7.61. The van der Waals surface area contributed by atoms with E-state index in [0.29, 0.717) is 13.0 Å². The maximum atomic E-state index is 11.0. The van der Waals surface area contributed by atoms with Crippen LogP contribution in [0.2, 0.25) is 0 Å². The standard InChI is InChI=1S/C11H14O2/c12-11-9-7-5-3-1-2-4-6-8-10-13-11/h1-2,5-8H,3-4,9-10H2/b2-1-,7-5-,8-6-. The lowest BCUT2D eigenvalue weighted by atomic mass is 10.2. The second kappa shape index (κ2) is 6.23. The smallest absolute Gasteiger partial charge is 0.309 e. The van der Waals surface area contributed by atoms with Crippen molar-refractivity contribution in [2.75, 3.05) is 6.61 Å². The molecule has 0 fully saturated rings. The minimum atomic E-state index is -0.162. The summed E-state index contributed by atoms with van der Waals surface area (Å²) in [4.78, 5) is 11.0. The first-order chi connectivity index (χ1) is 6.39. The lowest BCUT2D eigenvalue weighted by Crippen LogP contribution is -2.02. The molecule has 0 amide bonds. The van der Waals surface area contributed by atoms with Gasteiger partial charge in [-0.1, -0.05) is 36.5 Å². The molecule has 1 aliphatic rings. The first-order valence-corrected chi connectivity index (χ1v) is 4.50. The highest BCUT2D eigenvalue weighted by molar-refractivity contribution is 5.71. The van der Waals surface area contributed by atoms with Crippen LogP contribution >= 0.6 is 0 Å². The average Bonchev–Trinajstić information content (AvgIpc) is 2.11. The molecule has 2 nitrogen and oxygen atoms in total. The van der Waals surface area contributed by atoms with Gasteiger partial charge in [0.2, 0.25) is 0 Å². The molecule has 0 aromatic rings. The molecule has 13 heavy (non-hydrogen) atoms. The number of ether oxygens (including phenoxy) is 1. The van der Waals surface area contributed by atoms with Crippen molar-refractivity contribution in [2.45, 2.75) is 19.3 Å². The second-order valence-electron chi connectivity index (χ2n) is 2.77. The summed E-state index contributed by atoms with van der Waals surface area (Å²) in [6.07, 6.45) is 14.1. The van der Waals surface area contributed by atoms with E-state index in [0.717, 1.165) is 12.8 Å². The van der Waals surface area contributed by atoms with E-state index in [2.05, 4.69) is 12.2 Å². The fourth-order valence-electron chi connectivity index (χ4n) is 0.990. The predicted molar refractivity (Wildman–Crippen MR) is 52.2 cm³/mol. The molecule has 1 rings (SSSR count). The number of hydrogen-bond acceptors (Lipinski definition) is 2. The molecule has 0 N–H and O–H groups in total. The monoisotopic (exact) mass is 178 g/mol. The number of carbonyl (C=O) groups is 1. The van der Waals surface area contributed by atoms with Crippen molar-refractivity contribution in [3.8, 4) is 0 Å². The van der Waals surface area contributed by atoms with E-state index in [1.807, 2.05) is 24.3 Å². The zero-order valence-corrected chi connectivity index (χ0v) is 7.61. The number of hydrogen-bond donors (Lipinski definition) is 0. The third-order valence-electron chi connectivity index (χ3n) is 1.67. The summed E-state index contributed by atoms with van der Waals surface area (Å²) in [5.41, 5.74) is 0. The normalized spacial score (nSPS) is 26.3. The highest BCUT2D eigenvalue weighted by Gasteiger charge is 1.96. The van der Waals surface area contributed by atoms with Crippen LogP contribution in [0.3, 0.4) is 0 Å². The molecule has 0 saturated heterocycles. The van der Waals surface area contributed by atoms with E-state index in [9.17, 15) is 4.79 Å². The van der Waals surface area contributed by atoms with Crippen molar-refractivity contribution in [3.63, 3.8) is 0 Å². The zero-order chi connectivity index (χ0) is 9.36. The Morgan fingerprint density at radius 1 is 0.923 bits per heavy atom. The molecule has 1 aliphatic heterocycles. The average molecular weight is 178 g/mol. The van der Waals surface area contributed by atoms with Crippen LogP contribution in [0.4, 0.5) is 0 Å². The molecule has 0 aromatic heterocycles. The molecular formula is C11H14O2. The maximum Gasteiger partial charge on any atom is 0.309 e. The Labute approximate surface area is 78.6 Å². The summed E-state index contributed by atoms with van der Waals surface area (Å²) in [7, 11) is 0. The molecule has 70 valence electrons. The summed E-state index contributed by atoms with van der Waals surface area (Å²) < 4.78 is 4.91. The quantitative estimate of drug-likeness (QED) is 0.420. The van der Waals surface area contributed by atoms with Crippen LogP contribution in [0.1, 0.15) is 19.3 Å². The fraction of sp³-hybridized carbons (Fsp3) is 0.364. The molecule has 0 bridgehead atoms. The van der Waals surface area contributed by atoms with Crippen LogP contribution in [0.25, 0.3) is 0 Å². The molecular weight excluding hydrogens is 164 g/mol. The minimum Gasteiger partial charge on any atom is -0.461 e. The second-order valence-corrected chi connectivity index (χ2v) is 2.77. The SMILES string of the molecule is O=C1C/C=C\C/C=C\C/C=C\CO1. The van der Waals surface area contributed by atoms with Gasteiger partial charge in [0.05, 0.1) is 6.42 Å². The Bertz CT molecular complexity index is 236. The number of allylic oxidation sites excluding steroid dienone is 4. The van der Waals surface area contributed by atoms with Gasteiger partial charge in [0.15, 0.2) is 0 Å². The van der Waals surface area contributed by atoms with Gasteiger partial charge in [-0.25, -0.2) is 0 Å². The first-order valence-electron chi connectivity index (χ1n) is 4.50. The fourth-order valence-corrected chi connectivity index (χ4v) is 0.990. The van der Waals surface area contributed by atoms with Crippen LogP contribution in [0, 0.1) is 0 Å². The van der Waals surface area contributed by atoms with Gasteiger partial charge in [-0.15, -0.1) is 0 Å². The maximum absolute atomic E-state index is 11.0. The lowest BCUT2D eigenvalue weighted by molar-refractivity contribution is -0.141. The van der Waals surface area contributed by atoms with Crippen molar-refractivity contribution in [2.24, 2.45) is 0 Å². The van der Waals surface area contributed by atoms with Crippen LogP contribution in [0.5, 0.6) is 0 Å². The summed E-state index contributed by atoms with van der Waals surface area (Å²) in [5, 5.41) is 0. The van der Waals surface area contributed by atoms with Crippen molar-refractivity contribution < 1.29 is 9.53 Å². The Hall–Kier alpha value is -1.31. The Morgan fingerprint density at radius 3 is 2.31 bits per heavy atom. The first kappa shape index (κ1) is 9.78. The third kappa shape index (κ3) is 5.01. The van der Waals surface area contributed by atoms with Crippen LogP contribution in [-0.2, 0) is 9.53 Å². The van der Waals surface area contributed by atoms with E-state index in [1.165, 1.54) is 0 Å². The number of rotatable bonds is 0. The Balaban J connectivity index is 2.45. The lowest BCUT2D eigenvalue weighted by Gasteiger charge is -1.98. The van der Waals surface area contributed by atoms with Gasteiger partial charge in [-0.2, -0.15) is 0 Å². The van der Waals surface area contributed by atoms with Gasteiger partial charge < -0.3 is 4.74 Å². The van der Waals surface area contributed by atoms with Crippen LogP contribution in [-0.4, -0.2) is 12.6 Å². The van der Waals surface area contributed by atoms with E-state index in [4.69, 9.17) is 4.74 Å². The van der Waals surface area contributed by atoms with Crippen LogP contribution < -0.4 is 0 Å². The van der Waals surface area contributed by atoms with Gasteiger partial charge in [0.25, 0.3) is 0 Å². The van der Waals surface area contributed by atoms with Gasteiger partial charge in [0.1, 0.15) is 6.61 Å². The molecule has 0 aromatic carbocycles. The molecule has 0 radical (unpaired) electrons. The van der Waals surface area contributed by atoms with Gasteiger partial charge in [-0.05, 0) is 12.8 Å². The highest BCUT2D eigenvalue weighted by Crippen LogP contribution is 1.96. The molecule has 0 aliphatic carbocycles. The van der Waals surface area contributed by atoms with Crippen molar-refractivity contribution >= 4 is 5.97 Å². The molecule has 0 unspecified atom stereocenters. The highest BCUT2D eigenvalue weighted by atomic mass is 16.5. The van der Waals surface area contributed by atoms with Crippen molar-refractivity contribution in [1.29, 1.82) is 0 Å². The summed E-state index contributed by atoms with van der Waals surface area (Å²) in [6, 6.07) is 0. The Kier molecular flexibility index (Phi) is 4.69. The molecule has 1 heterocycles. The molecule has 2 heteroatoms. The van der Waals surface area contributed by atoms with E-state index in [1.54, 1.807) is 0 Å². The van der Waals surface area contributed by atoms with Gasteiger partial charge >= 0.3 is 5.97 Å². The van der Waals surface area contributed by atoms with Crippen molar-refractivity contribution in [3.05, 3.63) is 36.5 Å². The number of carbonyl (C=O) groups excluding carboxylic acids is 1. The topological polar surface area (TPSA) is 26.3 Å². The van der Waals surface area contributed by atoms with Gasteiger partial charge in [-0.3, -0.25) is 4.79 Å². The predicted octanol–water partition coefficient (Wildman–Crippen LogP) is 2.38. The minimum absolute atomic E-state index is 0.162. The third-order valence-corrected chi connectivity index (χ3v) is 1.67. The van der Waals surface area contributed by atoms with Gasteiger partial charge in [0, 0.05) is 0 Å². The van der Waals surface area contributed by atoms with E-state index >= 15 is 0 Å². The van der Waals surface area contributed by atoms with Crippen molar-refractivity contribution in [1.82, 2.24) is 0 Å². The Morgan fingerprint density at radius 2 is 1.54 bits per heavy atom. The largest absolute Gasteiger partial charge is 0.461 e. The molecule has 0 saturated carbocycles. The molecule has 0 spiro atoms. The summed E-state index contributed by atoms with van der Waals surface area (Å²) >= 11 is 0. The summed E-state index contributed by atoms with van der Waals surface area (Å²) in [5.74, 6) is -0.162. The molecule has 0 atom stereocenters. The number of cyclic esters (lactones) is 1. The van der Waals surface area contributed by atoms with Crippen LogP contribution in [0.15, 0.2) is 36.5 Å². The van der Waals surface area contributed by atoms with E-state index < -0.39 is 0 Å². The van der Waals surface area contributed by atoms with E-state index in [-0.39, 0.29) is 5.97 Å².